The first-order valence-corrected chi connectivity index (χ1v) is 9.65. The highest BCUT2D eigenvalue weighted by Crippen LogP contribution is 2.13. The first-order chi connectivity index (χ1) is 12.3. The molecular formula is C20H25IN4. The molecule has 0 radical (unpaired) electrons. The van der Waals surface area contributed by atoms with Crippen LogP contribution in [-0.2, 0) is 0 Å². The smallest absolute Gasteiger partial charge is 0.0907 e. The minimum absolute atomic E-state index is 0.958. The van der Waals surface area contributed by atoms with E-state index in [4.69, 9.17) is 0 Å². The second-order valence-electron chi connectivity index (χ2n) is 5.61. The quantitative estimate of drug-likeness (QED) is 0.334. The molecular weight excluding hydrogens is 423 g/mol. The lowest BCUT2D eigenvalue weighted by Gasteiger charge is -2.19. The average molecular weight is 448 g/mol. The predicted molar refractivity (Wildman–Crippen MR) is 118 cm³/mol. The molecule has 0 saturated heterocycles. The molecule has 0 aliphatic carbocycles. The van der Waals surface area contributed by atoms with Crippen LogP contribution in [0, 0.1) is 0 Å². The summed E-state index contributed by atoms with van der Waals surface area (Å²) in [7, 11) is 1.90. The molecule has 25 heavy (non-hydrogen) atoms. The first-order valence-electron chi connectivity index (χ1n) is 8.40. The van der Waals surface area contributed by atoms with Crippen LogP contribution in [0.5, 0.6) is 0 Å². The van der Waals surface area contributed by atoms with Crippen molar-refractivity contribution in [3.63, 3.8) is 0 Å². The van der Waals surface area contributed by atoms with Crippen LogP contribution >= 0.6 is 22.6 Å². The maximum atomic E-state index is 4.14. The van der Waals surface area contributed by atoms with Gasteiger partial charge in [-0.25, -0.2) is 4.99 Å². The van der Waals surface area contributed by atoms with Gasteiger partial charge in [-0.15, -0.1) is 0 Å². The molecule has 1 aliphatic heterocycles. The number of anilines is 1. The molecule has 1 aromatic carbocycles. The number of aliphatic imine (C=N–C) groups is 1. The molecule has 2 N–H and O–H groups in total. The molecule has 1 heterocycles. The Morgan fingerprint density at radius 1 is 1.28 bits per heavy atom. The molecule has 0 unspecified atom stereocenters. The summed E-state index contributed by atoms with van der Waals surface area (Å²) in [5.74, 6) is 0. The number of allylic oxidation sites excluding steroid dienone is 3. The Morgan fingerprint density at radius 3 is 2.80 bits per heavy atom. The standard InChI is InChI=1S/C20H25IN4/c1-22-13-10-19(16-21)5-4-18-6-8-20(9-7-18)24-12-3-15-25-14-2-11-23-17-25/h2,4-11,13,16-17,22,24H,3,12,14-15H2,1H3/b5-4+,13-10-,19-16-. The summed E-state index contributed by atoms with van der Waals surface area (Å²) in [6.45, 7) is 2.94. The van der Waals surface area contributed by atoms with Crippen LogP contribution in [0.15, 0.2) is 69.5 Å². The van der Waals surface area contributed by atoms with Crippen LogP contribution in [-0.4, -0.2) is 37.9 Å². The van der Waals surface area contributed by atoms with E-state index in [1.54, 1.807) is 0 Å². The zero-order chi connectivity index (χ0) is 17.7. The summed E-state index contributed by atoms with van der Waals surface area (Å²) in [5.41, 5.74) is 3.51. The van der Waals surface area contributed by atoms with Crippen LogP contribution in [0.3, 0.4) is 0 Å². The van der Waals surface area contributed by atoms with Crippen molar-refractivity contribution in [1.29, 1.82) is 0 Å². The number of hydrogen-bond acceptors (Lipinski definition) is 4. The molecule has 0 atom stereocenters. The second-order valence-corrected chi connectivity index (χ2v) is 6.23. The van der Waals surface area contributed by atoms with Gasteiger partial charge in [0, 0.05) is 38.6 Å². The van der Waals surface area contributed by atoms with Crippen LogP contribution in [0.1, 0.15) is 12.0 Å². The maximum absolute atomic E-state index is 4.14. The fourth-order valence-electron chi connectivity index (χ4n) is 2.30. The van der Waals surface area contributed by atoms with Gasteiger partial charge in [-0.1, -0.05) is 46.9 Å². The monoisotopic (exact) mass is 448 g/mol. The number of benzene rings is 1. The van der Waals surface area contributed by atoms with Gasteiger partial charge in [0.2, 0.25) is 0 Å². The van der Waals surface area contributed by atoms with Gasteiger partial charge in [-0.05, 0) is 52.1 Å². The van der Waals surface area contributed by atoms with Crippen LogP contribution in [0.2, 0.25) is 0 Å². The van der Waals surface area contributed by atoms with E-state index in [1.807, 2.05) is 31.9 Å². The number of nitrogens with one attached hydrogen (secondary N) is 2. The van der Waals surface area contributed by atoms with Gasteiger partial charge in [0.05, 0.1) is 6.34 Å². The summed E-state index contributed by atoms with van der Waals surface area (Å²) in [6, 6.07) is 8.52. The number of hydrogen-bond donors (Lipinski definition) is 2. The van der Waals surface area contributed by atoms with Crippen molar-refractivity contribution in [3.8, 4) is 0 Å². The Labute approximate surface area is 164 Å². The van der Waals surface area contributed by atoms with Gasteiger partial charge in [0.1, 0.15) is 0 Å². The molecule has 0 amide bonds. The fourth-order valence-corrected chi connectivity index (χ4v) is 2.71. The van der Waals surface area contributed by atoms with E-state index in [9.17, 15) is 0 Å². The average Bonchev–Trinajstić information content (AvgIpc) is 2.67. The summed E-state index contributed by atoms with van der Waals surface area (Å²) in [6.07, 6.45) is 15.1. The highest BCUT2D eigenvalue weighted by atomic mass is 127. The summed E-state index contributed by atoms with van der Waals surface area (Å²) in [4.78, 5) is 6.36. The van der Waals surface area contributed by atoms with Gasteiger partial charge < -0.3 is 15.5 Å². The third kappa shape index (κ3) is 7.60. The SMILES string of the molecule is CN\C=C/C(=C\I)/C=C/c1ccc(NCCCN2C=NC=CC2)cc1. The molecule has 0 fully saturated rings. The normalized spacial score (nSPS) is 14.6. The Balaban J connectivity index is 1.74. The molecule has 132 valence electrons. The van der Waals surface area contributed by atoms with E-state index in [-0.39, 0.29) is 0 Å². The minimum Gasteiger partial charge on any atom is -0.394 e. The fraction of sp³-hybridized carbons (Fsp3) is 0.250. The molecule has 0 saturated carbocycles. The molecule has 1 aliphatic rings. The summed E-state index contributed by atoms with van der Waals surface area (Å²) in [5, 5.41) is 6.47. The molecule has 2 rings (SSSR count). The largest absolute Gasteiger partial charge is 0.394 e. The van der Waals surface area contributed by atoms with E-state index in [0.29, 0.717) is 0 Å². The Hall–Kier alpha value is -2.02. The van der Waals surface area contributed by atoms with Gasteiger partial charge in [0.15, 0.2) is 0 Å². The van der Waals surface area contributed by atoms with E-state index >= 15 is 0 Å². The van der Waals surface area contributed by atoms with E-state index < -0.39 is 0 Å². The highest BCUT2D eigenvalue weighted by Gasteiger charge is 2.00. The van der Waals surface area contributed by atoms with Crippen molar-refractivity contribution >= 4 is 40.7 Å². The van der Waals surface area contributed by atoms with E-state index in [0.717, 1.165) is 37.3 Å². The Morgan fingerprint density at radius 2 is 2.12 bits per heavy atom. The third-order valence-electron chi connectivity index (χ3n) is 3.66. The third-order valence-corrected chi connectivity index (χ3v) is 4.38. The molecule has 1 aromatic rings. The first kappa shape index (κ1) is 19.3. The van der Waals surface area contributed by atoms with Crippen LogP contribution in [0.25, 0.3) is 6.08 Å². The number of nitrogens with zero attached hydrogens (tertiary/aromatic N) is 2. The van der Waals surface area contributed by atoms with Crippen LogP contribution < -0.4 is 10.6 Å². The van der Waals surface area contributed by atoms with Crippen LogP contribution in [0.4, 0.5) is 5.69 Å². The van der Waals surface area contributed by atoms with Gasteiger partial charge in [-0.3, -0.25) is 0 Å². The van der Waals surface area contributed by atoms with E-state index in [2.05, 4.69) is 89.7 Å². The second kappa shape index (κ2) is 11.5. The van der Waals surface area contributed by atoms with Gasteiger partial charge in [-0.2, -0.15) is 0 Å². The van der Waals surface area contributed by atoms with Gasteiger partial charge in [0.25, 0.3) is 0 Å². The Kier molecular flexibility index (Phi) is 8.90. The molecule has 4 nitrogen and oxygen atoms in total. The summed E-state index contributed by atoms with van der Waals surface area (Å²) < 4.78 is 2.06. The lowest BCUT2D eigenvalue weighted by Crippen LogP contribution is -2.26. The van der Waals surface area contributed by atoms with Crippen molar-refractivity contribution < 1.29 is 0 Å². The number of halogens is 1. The van der Waals surface area contributed by atoms with Gasteiger partial charge >= 0.3 is 0 Å². The maximum Gasteiger partial charge on any atom is 0.0907 e. The lowest BCUT2D eigenvalue weighted by molar-refractivity contribution is 0.463. The lowest BCUT2D eigenvalue weighted by atomic mass is 10.1. The molecule has 5 heteroatoms. The predicted octanol–water partition coefficient (Wildman–Crippen LogP) is 4.41. The summed E-state index contributed by atoms with van der Waals surface area (Å²) >= 11 is 2.25. The zero-order valence-corrected chi connectivity index (χ0v) is 16.7. The van der Waals surface area contributed by atoms with Crippen molar-refractivity contribution in [2.24, 2.45) is 4.99 Å². The topological polar surface area (TPSA) is 39.7 Å². The van der Waals surface area contributed by atoms with Crippen molar-refractivity contribution in [1.82, 2.24) is 10.2 Å². The molecule has 0 spiro atoms. The van der Waals surface area contributed by atoms with Crippen molar-refractivity contribution in [3.05, 3.63) is 70.1 Å². The van der Waals surface area contributed by atoms with Crippen molar-refractivity contribution in [2.75, 3.05) is 32.0 Å². The molecule has 0 bridgehead atoms. The molecule has 0 aromatic heterocycles. The van der Waals surface area contributed by atoms with E-state index in [1.165, 1.54) is 5.56 Å². The zero-order valence-electron chi connectivity index (χ0n) is 14.5. The number of rotatable bonds is 9. The minimum atomic E-state index is 0.958. The van der Waals surface area contributed by atoms with Crippen molar-refractivity contribution in [2.45, 2.75) is 6.42 Å². The highest BCUT2D eigenvalue weighted by molar-refractivity contribution is 14.1. The Bertz CT molecular complexity index is 657.